The number of carbonyl (C=O) groups is 2. The minimum Gasteiger partial charge on any atom is -0.353 e. The van der Waals surface area contributed by atoms with Crippen LogP contribution < -0.4 is 9.80 Å². The van der Waals surface area contributed by atoms with Gasteiger partial charge in [-0.15, -0.1) is 0 Å². The van der Waals surface area contributed by atoms with E-state index in [9.17, 15) is 9.59 Å². The normalized spacial score (nSPS) is 15.4. The highest BCUT2D eigenvalue weighted by Crippen LogP contribution is 2.30. The predicted octanol–water partition coefficient (Wildman–Crippen LogP) is 4.68. The van der Waals surface area contributed by atoms with Crippen molar-refractivity contribution in [2.24, 2.45) is 0 Å². The van der Waals surface area contributed by atoms with E-state index in [0.717, 1.165) is 50.3 Å². The van der Waals surface area contributed by atoms with Gasteiger partial charge in [0.05, 0.1) is 0 Å². The van der Waals surface area contributed by atoms with Gasteiger partial charge < -0.3 is 14.4 Å². The molecule has 194 valence electrons. The Bertz CT molecular complexity index is 1250. The number of anilines is 2. The topological polar surface area (TPSA) is 74.6 Å². The maximum absolute atomic E-state index is 14.1. The van der Waals surface area contributed by atoms with Crippen LogP contribution in [-0.2, 0) is 13.0 Å². The largest absolute Gasteiger partial charge is 0.353 e. The molecule has 0 bridgehead atoms. The number of carbonyl (C=O) groups excluding carboxylic acids is 2. The van der Waals surface area contributed by atoms with E-state index in [-0.39, 0.29) is 11.8 Å². The molecule has 37 heavy (non-hydrogen) atoms. The Kier molecular flexibility index (Phi) is 7.74. The van der Waals surface area contributed by atoms with Gasteiger partial charge in [0.2, 0.25) is 0 Å². The number of aryl methyl sites for hydroxylation is 1. The zero-order valence-electron chi connectivity index (χ0n) is 21.3. The minimum absolute atomic E-state index is 0.0586. The number of rotatable bonds is 7. The first-order valence-corrected chi connectivity index (χ1v) is 13.6. The first kappa shape index (κ1) is 25.3. The molecule has 0 spiro atoms. The van der Waals surface area contributed by atoms with Crippen molar-refractivity contribution in [3.63, 3.8) is 0 Å². The van der Waals surface area contributed by atoms with E-state index in [1.54, 1.807) is 35.4 Å². The molecule has 0 N–H and O–H groups in total. The van der Waals surface area contributed by atoms with Gasteiger partial charge in [0.15, 0.2) is 11.5 Å². The maximum Gasteiger partial charge on any atom is 0.274 e. The molecule has 9 heteroatoms. The Morgan fingerprint density at radius 3 is 2.59 bits per heavy atom. The fourth-order valence-electron chi connectivity index (χ4n) is 5.10. The molecule has 0 aliphatic carbocycles. The molecule has 0 radical (unpaired) electrons. The van der Waals surface area contributed by atoms with E-state index in [1.807, 2.05) is 23.1 Å². The first-order valence-electron chi connectivity index (χ1n) is 13.2. The third kappa shape index (κ3) is 5.34. The average molecular weight is 521 g/mol. The zero-order valence-corrected chi connectivity index (χ0v) is 22.0. The van der Waals surface area contributed by atoms with Gasteiger partial charge >= 0.3 is 0 Å². The van der Waals surface area contributed by atoms with Crippen LogP contribution in [0.1, 0.15) is 59.3 Å². The number of halogens is 1. The third-order valence-electron chi connectivity index (χ3n) is 7.11. The van der Waals surface area contributed by atoms with Crippen LogP contribution in [0.15, 0.2) is 48.7 Å². The summed E-state index contributed by atoms with van der Waals surface area (Å²) in [5.41, 5.74) is 1.03. The fraction of sp³-hybridized carbons (Fsp3) is 0.429. The Balaban J connectivity index is 1.46. The number of unbranched alkanes of at least 4 members (excludes halogenated alkanes) is 1. The Morgan fingerprint density at radius 1 is 1.03 bits per heavy atom. The molecule has 1 saturated heterocycles. The molecule has 8 nitrogen and oxygen atoms in total. The fourth-order valence-corrected chi connectivity index (χ4v) is 5.29. The molecule has 2 amide bonds. The first-order chi connectivity index (χ1) is 18.1. The third-order valence-corrected chi connectivity index (χ3v) is 7.35. The van der Waals surface area contributed by atoms with Gasteiger partial charge in [-0.2, -0.15) is 0 Å². The lowest BCUT2D eigenvalue weighted by Crippen LogP contribution is -2.49. The average Bonchev–Trinajstić information content (AvgIpc) is 3.32. The quantitative estimate of drug-likeness (QED) is 0.452. The Hall–Kier alpha value is -3.39. The number of aromatic nitrogens is 3. The van der Waals surface area contributed by atoms with Gasteiger partial charge in [-0.1, -0.05) is 37.1 Å². The lowest BCUT2D eigenvalue weighted by Gasteiger charge is -2.36. The van der Waals surface area contributed by atoms with E-state index in [4.69, 9.17) is 16.6 Å². The van der Waals surface area contributed by atoms with E-state index in [1.165, 1.54) is 0 Å². The van der Waals surface area contributed by atoms with Crippen LogP contribution >= 0.6 is 11.6 Å². The van der Waals surface area contributed by atoms with Gasteiger partial charge in [0.25, 0.3) is 11.8 Å². The van der Waals surface area contributed by atoms with E-state index in [2.05, 4.69) is 21.4 Å². The van der Waals surface area contributed by atoms with Gasteiger partial charge in [0.1, 0.15) is 11.6 Å². The number of imidazole rings is 1. The van der Waals surface area contributed by atoms with Crippen LogP contribution in [0.4, 0.5) is 11.6 Å². The molecule has 0 unspecified atom stereocenters. The summed E-state index contributed by atoms with van der Waals surface area (Å²) >= 11 is 6.21. The number of amides is 2. The lowest BCUT2D eigenvalue weighted by atomic mass is 10.1. The van der Waals surface area contributed by atoms with Crippen LogP contribution in [0.25, 0.3) is 0 Å². The van der Waals surface area contributed by atoms with Gasteiger partial charge in [-0.05, 0) is 49.6 Å². The summed E-state index contributed by atoms with van der Waals surface area (Å²) < 4.78 is 2.05. The SMILES string of the molecule is CCCCN(C(=O)c1cccc(Cl)c1)c1nc2n(c1C(=O)N1CCN(c3ccccn3)CC1)CCCC2. The second-order valence-electron chi connectivity index (χ2n) is 9.60. The zero-order chi connectivity index (χ0) is 25.8. The molecule has 2 aromatic heterocycles. The number of hydrogen-bond acceptors (Lipinski definition) is 5. The van der Waals surface area contributed by atoms with Crippen LogP contribution in [0.3, 0.4) is 0 Å². The molecule has 2 aliphatic heterocycles. The number of pyridine rings is 1. The van der Waals surface area contributed by atoms with Crippen LogP contribution in [0.2, 0.25) is 5.02 Å². The number of hydrogen-bond donors (Lipinski definition) is 0. The van der Waals surface area contributed by atoms with Gasteiger partial charge in [0, 0.05) is 62.5 Å². The summed E-state index contributed by atoms with van der Waals surface area (Å²) in [6.07, 6.45) is 6.36. The molecular formula is C28H33ClN6O2. The van der Waals surface area contributed by atoms with Crippen molar-refractivity contribution in [2.75, 3.05) is 42.5 Å². The van der Waals surface area contributed by atoms with Crippen LogP contribution in [-0.4, -0.2) is 64.0 Å². The maximum atomic E-state index is 14.1. The van der Waals surface area contributed by atoms with Crippen molar-refractivity contribution in [2.45, 2.75) is 45.6 Å². The summed E-state index contributed by atoms with van der Waals surface area (Å²) in [6.45, 7) is 5.92. The number of nitrogens with zero attached hydrogens (tertiary/aromatic N) is 6. The van der Waals surface area contributed by atoms with Crippen LogP contribution in [0, 0.1) is 0 Å². The molecule has 0 saturated carbocycles. The van der Waals surface area contributed by atoms with E-state index < -0.39 is 0 Å². The second-order valence-corrected chi connectivity index (χ2v) is 10.0. The Labute approximate surface area is 222 Å². The van der Waals surface area contributed by atoms with Crippen molar-refractivity contribution in [3.8, 4) is 0 Å². The van der Waals surface area contributed by atoms with E-state index in [0.29, 0.717) is 54.8 Å². The standard InChI is InChI=1S/C28H33ClN6O2/c1-2-3-14-35(27(36)21-9-8-10-22(29)20-21)26-25(34-15-7-5-12-24(34)31-26)28(37)33-18-16-32(17-19-33)23-11-4-6-13-30-23/h4,6,8-11,13,20H,2-3,5,7,12,14-19H2,1H3. The van der Waals surface area contributed by atoms with E-state index >= 15 is 0 Å². The van der Waals surface area contributed by atoms with Crippen LogP contribution in [0.5, 0.6) is 0 Å². The van der Waals surface area contributed by atoms with Gasteiger partial charge in [-0.25, -0.2) is 9.97 Å². The molecule has 3 aromatic rings. The highest BCUT2D eigenvalue weighted by atomic mass is 35.5. The van der Waals surface area contributed by atoms with Crippen molar-refractivity contribution in [1.82, 2.24) is 19.4 Å². The summed E-state index contributed by atoms with van der Waals surface area (Å²) in [6, 6.07) is 12.9. The van der Waals surface area contributed by atoms with Crippen molar-refractivity contribution in [1.29, 1.82) is 0 Å². The summed E-state index contributed by atoms with van der Waals surface area (Å²) in [4.78, 5) is 43.0. The highest BCUT2D eigenvalue weighted by molar-refractivity contribution is 6.31. The molecule has 2 aliphatic rings. The number of piperazine rings is 1. The molecule has 1 aromatic carbocycles. The van der Waals surface area contributed by atoms with Crippen molar-refractivity contribution >= 4 is 35.1 Å². The monoisotopic (exact) mass is 520 g/mol. The number of fused-ring (bicyclic) bond motifs is 1. The lowest BCUT2D eigenvalue weighted by molar-refractivity contribution is 0.0735. The molecule has 0 atom stereocenters. The van der Waals surface area contributed by atoms with Crippen molar-refractivity contribution in [3.05, 3.63) is 70.8 Å². The number of benzene rings is 1. The summed E-state index contributed by atoms with van der Waals surface area (Å²) in [5, 5.41) is 0.507. The predicted molar refractivity (Wildman–Crippen MR) is 146 cm³/mol. The summed E-state index contributed by atoms with van der Waals surface area (Å²) in [7, 11) is 0. The summed E-state index contributed by atoms with van der Waals surface area (Å²) in [5.74, 6) is 2.05. The smallest absolute Gasteiger partial charge is 0.274 e. The molecule has 4 heterocycles. The Morgan fingerprint density at radius 2 is 1.86 bits per heavy atom. The minimum atomic E-state index is -0.180. The molecule has 5 rings (SSSR count). The molecular weight excluding hydrogens is 488 g/mol. The highest BCUT2D eigenvalue weighted by Gasteiger charge is 2.34. The van der Waals surface area contributed by atoms with Gasteiger partial charge in [-0.3, -0.25) is 14.5 Å². The van der Waals surface area contributed by atoms with Crippen molar-refractivity contribution < 1.29 is 9.59 Å². The second kappa shape index (κ2) is 11.3. The molecule has 1 fully saturated rings.